The fraction of sp³-hybridized carbons (Fsp3) is 0.0800. The Morgan fingerprint density at radius 2 is 1.27 bits per heavy atom. The maximum Gasteiger partial charge on any atom is 0.363 e. The molecule has 0 spiro atoms. The number of carbonyl (C=O) groups is 2. The summed E-state index contributed by atoms with van der Waals surface area (Å²) in [6, 6.07) is 27.6. The largest absolute Gasteiger partial charge is 0.402 e. The highest BCUT2D eigenvalue weighted by Gasteiger charge is 2.23. The number of hydrogen-bond acceptors (Lipinski definition) is 4. The van der Waals surface area contributed by atoms with Crippen LogP contribution in [0.2, 0.25) is 0 Å². The second-order valence-electron chi connectivity index (χ2n) is 6.76. The normalized spacial score (nSPS) is 13.7. The molecule has 1 heterocycles. The van der Waals surface area contributed by atoms with E-state index in [1.54, 1.807) is 20.2 Å². The Kier molecular flexibility index (Phi) is 6.90. The third-order valence-corrected chi connectivity index (χ3v) is 4.17. The number of hydrogen-bond donors (Lipinski definition) is 0. The Morgan fingerprint density at radius 3 is 1.80 bits per heavy atom. The summed E-state index contributed by atoms with van der Waals surface area (Å²) in [4.78, 5) is 27.2. The van der Waals surface area contributed by atoms with Gasteiger partial charge in [0.1, 0.15) is 0 Å². The average Bonchev–Trinajstić information content (AvgIpc) is 3.16. The first-order chi connectivity index (χ1) is 14.6. The van der Waals surface area contributed by atoms with Gasteiger partial charge in [0.15, 0.2) is 5.70 Å². The molecule has 30 heavy (non-hydrogen) atoms. The van der Waals surface area contributed by atoms with Gasteiger partial charge in [-0.15, -0.1) is 0 Å². The third-order valence-electron chi connectivity index (χ3n) is 4.17. The summed E-state index contributed by atoms with van der Waals surface area (Å²) in [7, 11) is 3.38. The van der Waals surface area contributed by atoms with Crippen molar-refractivity contribution in [3.05, 3.63) is 102 Å². The van der Waals surface area contributed by atoms with Gasteiger partial charge in [-0.1, -0.05) is 72.8 Å². The molecule has 0 aliphatic carbocycles. The summed E-state index contributed by atoms with van der Waals surface area (Å²) in [5, 5.41) is 0. The lowest BCUT2D eigenvalue weighted by atomic mass is 10.0. The zero-order chi connectivity index (χ0) is 21.3. The van der Waals surface area contributed by atoms with E-state index in [-0.39, 0.29) is 0 Å². The quantitative estimate of drug-likeness (QED) is 0.372. The third kappa shape index (κ3) is 5.52. The number of carbonyl (C=O) groups excluding carboxylic acids is 2. The van der Waals surface area contributed by atoms with Crippen molar-refractivity contribution in [3.63, 3.8) is 0 Å². The SMILES string of the molecule is CN(C)C=O.O=C1OC(c2ccccc2)=NC1=Cc1ccc(-c2ccccc2)cc1. The van der Waals surface area contributed by atoms with Gasteiger partial charge < -0.3 is 9.64 Å². The molecule has 1 aliphatic heterocycles. The first-order valence-corrected chi connectivity index (χ1v) is 9.42. The number of ether oxygens (including phenoxy) is 1. The average molecular weight is 398 g/mol. The number of cyclic esters (lactones) is 1. The molecule has 0 bridgehead atoms. The summed E-state index contributed by atoms with van der Waals surface area (Å²) in [6.45, 7) is 0. The predicted octanol–water partition coefficient (Wildman–Crippen LogP) is 4.40. The van der Waals surface area contributed by atoms with Crippen LogP contribution in [0.4, 0.5) is 0 Å². The Balaban J connectivity index is 0.000000461. The summed E-state index contributed by atoms with van der Waals surface area (Å²) in [6.07, 6.45) is 2.49. The van der Waals surface area contributed by atoms with E-state index in [2.05, 4.69) is 17.1 Å². The van der Waals surface area contributed by atoms with Crippen LogP contribution in [-0.2, 0) is 14.3 Å². The molecular formula is C25H22N2O3. The summed E-state index contributed by atoms with van der Waals surface area (Å²) in [5.41, 5.74) is 4.30. The molecule has 0 saturated heterocycles. The van der Waals surface area contributed by atoms with Crippen LogP contribution in [0.5, 0.6) is 0 Å². The topological polar surface area (TPSA) is 59.0 Å². The highest BCUT2D eigenvalue weighted by atomic mass is 16.6. The minimum absolute atomic E-state index is 0.311. The van der Waals surface area contributed by atoms with Crippen molar-refractivity contribution in [3.8, 4) is 11.1 Å². The highest BCUT2D eigenvalue weighted by molar-refractivity contribution is 6.12. The molecule has 0 N–H and O–H groups in total. The van der Waals surface area contributed by atoms with Gasteiger partial charge >= 0.3 is 5.97 Å². The van der Waals surface area contributed by atoms with Crippen LogP contribution in [0, 0.1) is 0 Å². The van der Waals surface area contributed by atoms with E-state index in [1.807, 2.05) is 72.8 Å². The molecule has 1 aliphatic rings. The Morgan fingerprint density at radius 1 is 0.767 bits per heavy atom. The van der Waals surface area contributed by atoms with E-state index in [0.29, 0.717) is 11.6 Å². The summed E-state index contributed by atoms with van der Waals surface area (Å²) in [5.74, 6) is -0.0799. The monoisotopic (exact) mass is 398 g/mol. The Labute approximate surface area is 176 Å². The molecule has 5 heteroatoms. The molecule has 3 aromatic rings. The number of esters is 1. The zero-order valence-electron chi connectivity index (χ0n) is 16.9. The number of aliphatic imine (C=N–C) groups is 1. The van der Waals surface area contributed by atoms with Crippen LogP contribution in [0.1, 0.15) is 11.1 Å². The van der Waals surface area contributed by atoms with Crippen LogP contribution in [0.3, 0.4) is 0 Å². The van der Waals surface area contributed by atoms with E-state index in [9.17, 15) is 9.59 Å². The number of amides is 1. The lowest BCUT2D eigenvalue weighted by Gasteiger charge is -2.01. The van der Waals surface area contributed by atoms with Crippen molar-refractivity contribution in [1.29, 1.82) is 0 Å². The fourth-order valence-electron chi connectivity index (χ4n) is 2.67. The summed E-state index contributed by atoms with van der Waals surface area (Å²) >= 11 is 0. The second-order valence-corrected chi connectivity index (χ2v) is 6.76. The molecule has 3 aromatic carbocycles. The molecule has 4 rings (SSSR count). The maximum atomic E-state index is 12.0. The highest BCUT2D eigenvalue weighted by Crippen LogP contribution is 2.22. The molecule has 150 valence electrons. The van der Waals surface area contributed by atoms with Crippen molar-refractivity contribution in [2.75, 3.05) is 14.1 Å². The van der Waals surface area contributed by atoms with Crippen molar-refractivity contribution < 1.29 is 14.3 Å². The Bertz CT molecular complexity index is 1050. The van der Waals surface area contributed by atoms with Crippen molar-refractivity contribution in [1.82, 2.24) is 4.90 Å². The number of benzene rings is 3. The predicted molar refractivity (Wildman–Crippen MR) is 119 cm³/mol. The van der Waals surface area contributed by atoms with Gasteiger partial charge in [0.2, 0.25) is 12.3 Å². The molecule has 0 fully saturated rings. The molecule has 0 radical (unpaired) electrons. The van der Waals surface area contributed by atoms with Crippen LogP contribution >= 0.6 is 0 Å². The van der Waals surface area contributed by atoms with Crippen LogP contribution in [0.15, 0.2) is 95.6 Å². The second kappa shape index (κ2) is 9.98. The van der Waals surface area contributed by atoms with E-state index in [1.165, 1.54) is 4.90 Å². The van der Waals surface area contributed by atoms with Crippen LogP contribution in [0.25, 0.3) is 17.2 Å². The van der Waals surface area contributed by atoms with Crippen molar-refractivity contribution in [2.45, 2.75) is 0 Å². The van der Waals surface area contributed by atoms with Gasteiger partial charge in [-0.05, 0) is 34.9 Å². The van der Waals surface area contributed by atoms with Gasteiger partial charge in [0.25, 0.3) is 0 Å². The van der Waals surface area contributed by atoms with Gasteiger partial charge in [-0.2, -0.15) is 0 Å². The van der Waals surface area contributed by atoms with Gasteiger partial charge in [0, 0.05) is 19.7 Å². The van der Waals surface area contributed by atoms with Crippen molar-refractivity contribution in [2.24, 2.45) is 4.99 Å². The fourth-order valence-corrected chi connectivity index (χ4v) is 2.67. The van der Waals surface area contributed by atoms with E-state index in [4.69, 9.17) is 4.74 Å². The molecule has 1 amide bonds. The maximum absolute atomic E-state index is 12.0. The van der Waals surface area contributed by atoms with E-state index in [0.717, 1.165) is 28.7 Å². The molecule has 5 nitrogen and oxygen atoms in total. The first kappa shape index (κ1) is 20.7. The van der Waals surface area contributed by atoms with Crippen LogP contribution < -0.4 is 0 Å². The van der Waals surface area contributed by atoms with Gasteiger partial charge in [-0.25, -0.2) is 9.79 Å². The number of rotatable bonds is 4. The standard InChI is InChI=1S/C22H15NO2.C3H7NO/c24-22-20(23-21(25-22)19-9-5-2-6-10-19)15-16-11-13-18(14-12-16)17-7-3-1-4-8-17;1-4(2)3-5/h1-15H;3H,1-2H3. The lowest BCUT2D eigenvalue weighted by molar-refractivity contribution is -0.129. The van der Waals surface area contributed by atoms with Crippen LogP contribution in [-0.4, -0.2) is 37.3 Å². The van der Waals surface area contributed by atoms with E-state index >= 15 is 0 Å². The smallest absolute Gasteiger partial charge is 0.363 e. The molecule has 0 unspecified atom stereocenters. The molecule has 0 atom stereocenters. The molecule has 0 aromatic heterocycles. The lowest BCUT2D eigenvalue weighted by Crippen LogP contribution is -2.06. The number of nitrogens with zero attached hydrogens (tertiary/aromatic N) is 2. The minimum Gasteiger partial charge on any atom is -0.402 e. The molecule has 0 saturated carbocycles. The minimum atomic E-state index is -0.425. The van der Waals surface area contributed by atoms with Gasteiger partial charge in [-0.3, -0.25) is 4.79 Å². The van der Waals surface area contributed by atoms with Crippen molar-refractivity contribution >= 4 is 24.4 Å². The zero-order valence-corrected chi connectivity index (χ0v) is 16.9. The summed E-state index contributed by atoms with van der Waals surface area (Å²) < 4.78 is 5.27. The van der Waals surface area contributed by atoms with Gasteiger partial charge in [0.05, 0.1) is 0 Å². The van der Waals surface area contributed by atoms with E-state index < -0.39 is 5.97 Å². The molecular weight excluding hydrogens is 376 g/mol. The Hall–Kier alpha value is -3.99. The first-order valence-electron chi connectivity index (χ1n) is 9.42.